The number of aliphatic hydroxyl groups is 1. The quantitative estimate of drug-likeness (QED) is 0.305. The molecular formula is C6H16Mg4O12. The predicted octanol–water partition coefficient (Wildman–Crippen LogP) is -6.22. The van der Waals surface area contributed by atoms with Crippen LogP contribution in [0, 0.1) is 0 Å². The number of carboxylic acid groups (broad SMARTS) is 1. The molecule has 0 aromatic heterocycles. The van der Waals surface area contributed by atoms with Crippen molar-refractivity contribution in [3.05, 3.63) is 0 Å². The summed E-state index contributed by atoms with van der Waals surface area (Å²) < 4.78 is 11.8. The van der Waals surface area contributed by atoms with Gasteiger partial charge in [0.15, 0.2) is 0 Å². The summed E-state index contributed by atoms with van der Waals surface area (Å²) in [6, 6.07) is 0. The summed E-state index contributed by atoms with van der Waals surface area (Å²) in [4.78, 5) is 25.3. The molecule has 0 aliphatic carbocycles. The first-order chi connectivity index (χ1) is 7.68. The van der Waals surface area contributed by atoms with Gasteiger partial charge in [-0.15, -0.1) is 0 Å². The van der Waals surface area contributed by atoms with Crippen LogP contribution in [0.5, 0.6) is 0 Å². The SMILES string of the molecule is CO.COC(=O)[O-].C[O-].C[O-].O=C=O.[Mg+2].[Mg+2].[Mg+2].[OH-].[OH-].[OH-].[O]=[Mg]. The van der Waals surface area contributed by atoms with Crippen molar-refractivity contribution < 1.29 is 59.1 Å². The van der Waals surface area contributed by atoms with Crippen molar-refractivity contribution in [2.45, 2.75) is 0 Å². The summed E-state index contributed by atoms with van der Waals surface area (Å²) >= 11 is 0.611. The first-order valence-corrected chi connectivity index (χ1v) is 3.56. The molecule has 12 nitrogen and oxygen atoms in total. The van der Waals surface area contributed by atoms with Crippen molar-refractivity contribution in [1.29, 1.82) is 0 Å². The molecule has 0 fully saturated rings. The Balaban J connectivity index is -0.00000000541. The molecule has 0 spiro atoms. The molecule has 0 aromatic carbocycles. The first-order valence-electron chi connectivity index (χ1n) is 2.98. The van der Waals surface area contributed by atoms with Crippen LogP contribution in [0.15, 0.2) is 0 Å². The Morgan fingerprint density at radius 1 is 0.909 bits per heavy atom. The van der Waals surface area contributed by atoms with E-state index in [1.54, 1.807) is 0 Å². The van der Waals surface area contributed by atoms with E-state index in [-0.39, 0.29) is 91.7 Å². The number of carbonyl (C=O) groups is 1. The van der Waals surface area contributed by atoms with Gasteiger partial charge in [-0.2, -0.15) is 23.8 Å². The van der Waals surface area contributed by atoms with Gasteiger partial charge in [-0.1, -0.05) is 0 Å². The average Bonchev–Trinajstić information content (AvgIpc) is 2.40. The Kier molecular flexibility index (Phi) is 1060. The van der Waals surface area contributed by atoms with Crippen molar-refractivity contribution in [2.75, 3.05) is 28.4 Å². The van der Waals surface area contributed by atoms with Crippen LogP contribution < -0.4 is 15.3 Å². The summed E-state index contributed by atoms with van der Waals surface area (Å²) in [6.07, 6.45) is -1.25. The van der Waals surface area contributed by atoms with Gasteiger partial charge < -0.3 is 46.4 Å². The Bertz CT molecular complexity index is 124. The standard InChI is InChI=1S/C2H4O3.CO2.CH4O.2CH3O.4Mg.3H2O.O/c1-5-2(3)4;2-1-3;3*1-2;;;;;;;;/h1H3,(H,3,4);;2H,1H3;2*1H3;;;;;3*1H2;/q;;;2*-1;;3*+2;;;;/p-4. The maximum atomic E-state index is 9.03. The van der Waals surface area contributed by atoms with E-state index in [0.29, 0.717) is 21.7 Å². The van der Waals surface area contributed by atoms with Crippen molar-refractivity contribution >= 4 is 103 Å². The molecule has 0 aromatic rings. The molecule has 0 saturated carbocycles. The summed E-state index contributed by atoms with van der Waals surface area (Å²) in [7, 11) is 3.54. The Morgan fingerprint density at radius 2 is 0.955 bits per heavy atom. The Hall–Kier alpha value is 1.27. The summed E-state index contributed by atoms with van der Waals surface area (Å²) in [6.45, 7) is 0. The van der Waals surface area contributed by atoms with E-state index >= 15 is 0 Å². The number of aliphatic hydroxyl groups excluding tert-OH is 1. The molecule has 0 unspecified atom stereocenters. The van der Waals surface area contributed by atoms with E-state index in [2.05, 4.69) is 4.74 Å². The van der Waals surface area contributed by atoms with E-state index in [9.17, 15) is 0 Å². The molecule has 120 valence electrons. The summed E-state index contributed by atoms with van der Waals surface area (Å²) in [5.41, 5.74) is 0. The van der Waals surface area contributed by atoms with Crippen molar-refractivity contribution in [3.63, 3.8) is 0 Å². The molecule has 0 rings (SSSR count). The molecule has 0 saturated heterocycles. The molecule has 0 atom stereocenters. The van der Waals surface area contributed by atoms with Crippen molar-refractivity contribution in [2.24, 2.45) is 0 Å². The number of hydrogen-bond acceptors (Lipinski definition) is 12. The Morgan fingerprint density at radius 3 is 0.955 bits per heavy atom. The van der Waals surface area contributed by atoms with E-state index < -0.39 is 6.16 Å². The topological polar surface area (TPSA) is 257 Å². The third kappa shape index (κ3) is 815. The van der Waals surface area contributed by atoms with Crippen LogP contribution in [0.1, 0.15) is 0 Å². The number of ether oxygens (including phenoxy) is 1. The third-order valence-corrected chi connectivity index (χ3v) is 0.167. The van der Waals surface area contributed by atoms with E-state index in [0.717, 1.165) is 28.4 Å². The van der Waals surface area contributed by atoms with E-state index in [1.807, 2.05) is 0 Å². The fraction of sp³-hybridized carbons (Fsp3) is 0.667. The molecule has 0 aliphatic rings. The second-order valence-corrected chi connectivity index (χ2v) is 0.537. The molecule has 4 N–H and O–H groups in total. The van der Waals surface area contributed by atoms with Crippen LogP contribution in [0.3, 0.4) is 0 Å². The number of carbonyl (C=O) groups excluding carboxylic acids is 3. The fourth-order valence-electron chi connectivity index (χ4n) is 0. The molecule has 0 radical (unpaired) electrons. The van der Waals surface area contributed by atoms with Gasteiger partial charge in [-0.3, -0.25) is 0 Å². The van der Waals surface area contributed by atoms with E-state index in [1.165, 1.54) is 0 Å². The van der Waals surface area contributed by atoms with Crippen LogP contribution in [-0.4, -0.2) is 153 Å². The third-order valence-electron chi connectivity index (χ3n) is 0.167. The molecule has 0 heterocycles. The zero-order valence-electron chi connectivity index (χ0n) is 12.9. The molecule has 0 bridgehead atoms. The zero-order valence-corrected chi connectivity index (χ0v) is 18.5. The first kappa shape index (κ1) is 90.8. The van der Waals surface area contributed by atoms with Gasteiger partial charge in [0.2, 0.25) is 0 Å². The van der Waals surface area contributed by atoms with Gasteiger partial charge in [0.25, 0.3) is 6.16 Å². The van der Waals surface area contributed by atoms with Crippen LogP contribution in [-0.2, 0) is 17.5 Å². The van der Waals surface area contributed by atoms with Gasteiger partial charge in [0, 0.05) is 14.2 Å². The second kappa shape index (κ2) is 256. The number of rotatable bonds is 0. The monoisotopic (exact) mass is 376 g/mol. The second-order valence-electron chi connectivity index (χ2n) is 0.537. The van der Waals surface area contributed by atoms with Gasteiger partial charge in [-0.05, 0) is 0 Å². The minimum atomic E-state index is -1.50. The van der Waals surface area contributed by atoms with Crippen LogP contribution in [0.25, 0.3) is 0 Å². The van der Waals surface area contributed by atoms with Crippen molar-refractivity contribution in [1.82, 2.24) is 0 Å². The molecule has 0 amide bonds. The van der Waals surface area contributed by atoms with Gasteiger partial charge >= 0.3 is 100 Å². The minimum absolute atomic E-state index is 0. The predicted molar refractivity (Wildman–Crippen MR) is 66.9 cm³/mol. The van der Waals surface area contributed by atoms with Crippen LogP contribution in [0.2, 0.25) is 0 Å². The maximum absolute atomic E-state index is 9.03. The van der Waals surface area contributed by atoms with Crippen molar-refractivity contribution in [3.8, 4) is 0 Å². The summed E-state index contributed by atoms with van der Waals surface area (Å²) in [5.74, 6) is 0. The van der Waals surface area contributed by atoms with E-state index in [4.69, 9.17) is 38.0 Å². The number of methoxy groups -OCH3 is 1. The van der Waals surface area contributed by atoms with Gasteiger partial charge in [0.1, 0.15) is 0 Å². The molecular weight excluding hydrogens is 361 g/mol. The van der Waals surface area contributed by atoms with Gasteiger partial charge in [0.05, 0.1) is 0 Å². The fourth-order valence-corrected chi connectivity index (χ4v) is 0. The normalized spacial score (nSPS) is 2.95. The Labute approximate surface area is 189 Å². The number of hydrogen-bond donors (Lipinski definition) is 1. The van der Waals surface area contributed by atoms with Crippen LogP contribution >= 0.6 is 0 Å². The van der Waals surface area contributed by atoms with Gasteiger partial charge in [-0.25, -0.2) is 0 Å². The average molecular weight is 377 g/mol. The molecule has 0 aliphatic heterocycles. The molecule has 22 heavy (non-hydrogen) atoms. The molecule has 16 heteroatoms. The van der Waals surface area contributed by atoms with Crippen LogP contribution in [0.4, 0.5) is 4.79 Å². The zero-order chi connectivity index (χ0) is 15.0. The summed E-state index contributed by atoms with van der Waals surface area (Å²) in [5, 5.41) is 32.5.